The van der Waals surface area contributed by atoms with Crippen molar-refractivity contribution in [2.24, 2.45) is 13.0 Å². The highest BCUT2D eigenvalue weighted by molar-refractivity contribution is 4.83. The molecule has 0 aliphatic carbocycles. The van der Waals surface area contributed by atoms with Crippen LogP contribution in [0.25, 0.3) is 0 Å². The predicted octanol–water partition coefficient (Wildman–Crippen LogP) is 3.59. The van der Waals surface area contributed by atoms with Crippen molar-refractivity contribution in [3.05, 3.63) is 30.6 Å². The number of rotatable bonds is 1. The van der Waals surface area contributed by atoms with Gasteiger partial charge in [-0.15, -0.1) is 0 Å². The van der Waals surface area contributed by atoms with Gasteiger partial charge >= 0.3 is 0 Å². The number of aromatic nitrogens is 1. The second-order valence-corrected chi connectivity index (χ2v) is 3.34. The molecule has 0 N–H and O–H groups in total. The van der Waals surface area contributed by atoms with Crippen LogP contribution in [-0.4, -0.2) is 0 Å². The second kappa shape index (κ2) is 12.2. The maximum Gasteiger partial charge on any atom is 0.168 e. The fourth-order valence-corrected chi connectivity index (χ4v) is 0.485. The van der Waals surface area contributed by atoms with Crippen molar-refractivity contribution in [1.29, 1.82) is 0 Å². The largest absolute Gasteiger partial charge is 0.208 e. The number of pyridine rings is 1. The molecule has 0 unspecified atom stereocenters. The number of nitrogens with zero attached hydrogens (tertiary/aromatic N) is 1. The summed E-state index contributed by atoms with van der Waals surface area (Å²) < 4.78 is 2.00. The molecule has 0 atom stereocenters. The molecule has 0 saturated carbocycles. The summed E-state index contributed by atoms with van der Waals surface area (Å²) in [5.74, 6) is 0.884. The van der Waals surface area contributed by atoms with E-state index in [1.807, 2.05) is 56.1 Å². The van der Waals surface area contributed by atoms with E-state index in [1.165, 1.54) is 6.42 Å². The lowest BCUT2D eigenvalue weighted by Gasteiger charge is -1.90. The Bertz CT molecular complexity index is 180. The van der Waals surface area contributed by atoms with Crippen LogP contribution in [0.1, 0.15) is 41.0 Å². The third-order valence-electron chi connectivity index (χ3n) is 1.68. The minimum atomic E-state index is 0.884. The Morgan fingerprint density at radius 2 is 1.36 bits per heavy atom. The molecule has 1 heterocycles. The highest BCUT2D eigenvalue weighted by Crippen LogP contribution is 1.93. The zero-order valence-corrected chi connectivity index (χ0v) is 10.6. The third-order valence-corrected chi connectivity index (χ3v) is 1.68. The van der Waals surface area contributed by atoms with Gasteiger partial charge in [0.25, 0.3) is 0 Å². The number of hydrogen-bond acceptors (Lipinski definition) is 0. The van der Waals surface area contributed by atoms with Gasteiger partial charge in [0.2, 0.25) is 0 Å². The van der Waals surface area contributed by atoms with Gasteiger partial charge in [0.15, 0.2) is 12.4 Å². The van der Waals surface area contributed by atoms with E-state index >= 15 is 0 Å². The molecule has 0 saturated heterocycles. The van der Waals surface area contributed by atoms with E-state index in [4.69, 9.17) is 0 Å². The van der Waals surface area contributed by atoms with Crippen LogP contribution in [0.5, 0.6) is 0 Å². The Morgan fingerprint density at radius 1 is 1.00 bits per heavy atom. The van der Waals surface area contributed by atoms with Gasteiger partial charge < -0.3 is 0 Å². The van der Waals surface area contributed by atoms with Crippen molar-refractivity contribution < 1.29 is 4.57 Å². The minimum absolute atomic E-state index is 0.884. The summed E-state index contributed by atoms with van der Waals surface area (Å²) >= 11 is 0. The molecule has 14 heavy (non-hydrogen) atoms. The average Bonchev–Trinajstić information content (AvgIpc) is 2.23. The van der Waals surface area contributed by atoms with Crippen molar-refractivity contribution in [2.75, 3.05) is 0 Å². The van der Waals surface area contributed by atoms with Crippen LogP contribution in [0.2, 0.25) is 0 Å². The van der Waals surface area contributed by atoms with Crippen LogP contribution in [0.15, 0.2) is 30.6 Å². The second-order valence-electron chi connectivity index (χ2n) is 3.34. The smallest absolute Gasteiger partial charge is 0.168 e. The molecular weight excluding hydrogens is 170 g/mol. The molecule has 0 radical (unpaired) electrons. The van der Waals surface area contributed by atoms with Gasteiger partial charge in [-0.3, -0.25) is 0 Å². The van der Waals surface area contributed by atoms with E-state index in [9.17, 15) is 0 Å². The highest BCUT2D eigenvalue weighted by atomic mass is 14.9. The SMILES string of the molecule is CC.CCC(C)C.C[n+]1ccccc1. The van der Waals surface area contributed by atoms with Gasteiger partial charge in [-0.2, -0.15) is 0 Å². The maximum absolute atomic E-state index is 2.22. The fourth-order valence-electron chi connectivity index (χ4n) is 0.485. The first-order chi connectivity index (χ1) is 6.66. The summed E-state index contributed by atoms with van der Waals surface area (Å²) in [6.45, 7) is 10.6. The van der Waals surface area contributed by atoms with Crippen molar-refractivity contribution in [3.8, 4) is 0 Å². The summed E-state index contributed by atoms with van der Waals surface area (Å²) in [5.41, 5.74) is 0. The zero-order valence-electron chi connectivity index (χ0n) is 10.6. The van der Waals surface area contributed by atoms with Crippen molar-refractivity contribution in [1.82, 2.24) is 0 Å². The average molecular weight is 196 g/mol. The van der Waals surface area contributed by atoms with E-state index in [-0.39, 0.29) is 0 Å². The summed E-state index contributed by atoms with van der Waals surface area (Å²) in [6.07, 6.45) is 5.31. The monoisotopic (exact) mass is 196 g/mol. The fraction of sp³-hybridized carbons (Fsp3) is 0.615. The molecule has 82 valence electrons. The van der Waals surface area contributed by atoms with Gasteiger partial charge in [0, 0.05) is 12.1 Å². The van der Waals surface area contributed by atoms with Crippen LogP contribution in [-0.2, 0) is 7.05 Å². The Morgan fingerprint density at radius 3 is 1.50 bits per heavy atom. The lowest BCUT2D eigenvalue weighted by Crippen LogP contribution is -2.25. The van der Waals surface area contributed by atoms with Crippen molar-refractivity contribution >= 4 is 0 Å². The molecular formula is C13H26N+. The lowest BCUT2D eigenvalue weighted by atomic mass is 10.2. The van der Waals surface area contributed by atoms with E-state index < -0.39 is 0 Å². The normalized spacial score (nSPS) is 8.21. The summed E-state index contributed by atoms with van der Waals surface area (Å²) in [4.78, 5) is 0. The van der Waals surface area contributed by atoms with Crippen LogP contribution >= 0.6 is 0 Å². The van der Waals surface area contributed by atoms with Crippen LogP contribution < -0.4 is 4.57 Å². The lowest BCUT2D eigenvalue weighted by molar-refractivity contribution is -0.671. The highest BCUT2D eigenvalue weighted by Gasteiger charge is 1.80. The first-order valence-electron chi connectivity index (χ1n) is 5.57. The van der Waals surface area contributed by atoms with Gasteiger partial charge in [-0.1, -0.05) is 47.1 Å². The Kier molecular flexibility index (Phi) is 13.6. The molecule has 1 heteroatoms. The first-order valence-corrected chi connectivity index (χ1v) is 5.57. The van der Waals surface area contributed by atoms with Crippen molar-refractivity contribution in [2.45, 2.75) is 41.0 Å². The van der Waals surface area contributed by atoms with E-state index in [0.29, 0.717) is 0 Å². The van der Waals surface area contributed by atoms with Crippen LogP contribution in [0.4, 0.5) is 0 Å². The predicted molar refractivity (Wildman–Crippen MR) is 64.1 cm³/mol. The number of aryl methyl sites for hydroxylation is 1. The van der Waals surface area contributed by atoms with Crippen molar-refractivity contribution in [3.63, 3.8) is 0 Å². The number of hydrogen-bond donors (Lipinski definition) is 0. The van der Waals surface area contributed by atoms with Gasteiger partial charge in [-0.25, -0.2) is 4.57 Å². The first kappa shape index (κ1) is 15.6. The molecule has 0 fully saturated rings. The van der Waals surface area contributed by atoms with Crippen LogP contribution in [0.3, 0.4) is 0 Å². The standard InChI is InChI=1S/C6H8N.C5H12.C2H6/c1-7-5-3-2-4-6-7;1-4-5(2)3;1-2/h2-6H,1H3;5H,4H2,1-3H3;1-2H3/q+1;;. The Hall–Kier alpha value is -0.850. The Labute approximate surface area is 89.8 Å². The minimum Gasteiger partial charge on any atom is -0.208 e. The zero-order chi connectivity index (χ0) is 11.4. The molecule has 1 nitrogen and oxygen atoms in total. The third kappa shape index (κ3) is 13.7. The molecule has 0 bridgehead atoms. The topological polar surface area (TPSA) is 3.88 Å². The summed E-state index contributed by atoms with van der Waals surface area (Å²) in [6, 6.07) is 6.00. The van der Waals surface area contributed by atoms with Gasteiger partial charge in [-0.05, 0) is 5.92 Å². The molecule has 0 aromatic carbocycles. The molecule has 1 aromatic rings. The maximum atomic E-state index is 2.22. The molecule has 1 rings (SSSR count). The van der Waals surface area contributed by atoms with Crippen LogP contribution in [0, 0.1) is 5.92 Å². The molecule has 1 aromatic heterocycles. The molecule has 0 amide bonds. The molecule has 0 aliphatic heterocycles. The summed E-state index contributed by atoms with van der Waals surface area (Å²) in [7, 11) is 2.00. The molecule has 0 aliphatic rings. The quantitative estimate of drug-likeness (QED) is 0.604. The molecule has 0 spiro atoms. The van der Waals surface area contributed by atoms with E-state index in [2.05, 4.69) is 20.8 Å². The van der Waals surface area contributed by atoms with Gasteiger partial charge in [0.05, 0.1) is 0 Å². The van der Waals surface area contributed by atoms with E-state index in [0.717, 1.165) is 5.92 Å². The van der Waals surface area contributed by atoms with E-state index in [1.54, 1.807) is 0 Å². The Balaban J connectivity index is 0. The van der Waals surface area contributed by atoms with Gasteiger partial charge in [0.1, 0.15) is 7.05 Å². The summed E-state index contributed by atoms with van der Waals surface area (Å²) in [5, 5.41) is 0.